The van der Waals surface area contributed by atoms with E-state index in [1.165, 1.54) is 36.2 Å². The van der Waals surface area contributed by atoms with E-state index in [-0.39, 0.29) is 28.7 Å². The first-order chi connectivity index (χ1) is 17.0. The van der Waals surface area contributed by atoms with Crippen molar-refractivity contribution in [2.75, 3.05) is 32.6 Å². The molecule has 2 aromatic heterocycles. The summed E-state index contributed by atoms with van der Waals surface area (Å²) in [6.07, 6.45) is 2.23. The minimum atomic E-state index is -3.91. The lowest BCUT2D eigenvalue weighted by molar-refractivity contribution is -0.116. The van der Waals surface area contributed by atoms with Crippen LogP contribution >= 0.6 is 11.3 Å². The first-order valence-corrected chi connectivity index (χ1v) is 13.8. The molecular weight excluding hydrogens is 504 g/mol. The zero-order valence-electron chi connectivity index (χ0n) is 20.9. The van der Waals surface area contributed by atoms with E-state index in [9.17, 15) is 18.0 Å². The van der Waals surface area contributed by atoms with Crippen LogP contribution in [-0.4, -0.2) is 55.5 Å². The van der Waals surface area contributed by atoms with Gasteiger partial charge < -0.3 is 14.8 Å². The number of fused-ring (bicyclic) bond motifs is 1. The minimum absolute atomic E-state index is 0.00375. The molecule has 2 atom stereocenters. The number of aryl methyl sites for hydroxylation is 1. The summed E-state index contributed by atoms with van der Waals surface area (Å²) in [5.74, 6) is 0.939. The van der Waals surface area contributed by atoms with E-state index in [0.717, 1.165) is 11.0 Å². The Labute approximate surface area is 213 Å². The Kier molecular flexibility index (Phi) is 7.39. The molecule has 1 amide bonds. The number of carbonyl (C=O) groups excluding carboxylic acids is 1. The Hall–Kier alpha value is -2.96. The molecule has 1 saturated heterocycles. The van der Waals surface area contributed by atoms with Gasteiger partial charge in [0.2, 0.25) is 15.9 Å². The van der Waals surface area contributed by atoms with Crippen LogP contribution < -0.4 is 20.3 Å². The van der Waals surface area contributed by atoms with E-state index >= 15 is 0 Å². The second-order valence-electron chi connectivity index (χ2n) is 9.23. The third kappa shape index (κ3) is 4.97. The summed E-state index contributed by atoms with van der Waals surface area (Å²) < 4.78 is 40.4. The fourth-order valence-electron chi connectivity index (χ4n) is 4.74. The van der Waals surface area contributed by atoms with Crippen molar-refractivity contribution in [2.45, 2.75) is 38.6 Å². The number of methoxy groups -OCH3 is 2. The summed E-state index contributed by atoms with van der Waals surface area (Å²) in [5.41, 5.74) is -0.105. The van der Waals surface area contributed by atoms with Gasteiger partial charge >= 0.3 is 0 Å². The van der Waals surface area contributed by atoms with E-state index < -0.39 is 21.5 Å². The fraction of sp³-hybridized carbons (Fsp3) is 0.458. The average Bonchev–Trinajstić information content (AvgIpc) is 3.17. The molecule has 3 heterocycles. The van der Waals surface area contributed by atoms with Crippen LogP contribution in [0, 0.1) is 18.8 Å². The third-order valence-corrected chi connectivity index (χ3v) is 9.36. The number of ether oxygens (including phenoxy) is 2. The number of piperidine rings is 1. The molecule has 1 fully saturated rings. The fourth-order valence-corrected chi connectivity index (χ4v) is 8.08. The molecule has 3 aromatic rings. The van der Waals surface area contributed by atoms with Crippen molar-refractivity contribution in [3.05, 3.63) is 39.8 Å². The van der Waals surface area contributed by atoms with E-state index in [4.69, 9.17) is 9.47 Å². The highest BCUT2D eigenvalue weighted by molar-refractivity contribution is 7.89. The van der Waals surface area contributed by atoms with E-state index in [0.29, 0.717) is 40.0 Å². The monoisotopic (exact) mass is 534 g/mol. The van der Waals surface area contributed by atoms with Crippen LogP contribution in [-0.2, 0) is 21.4 Å². The van der Waals surface area contributed by atoms with Crippen molar-refractivity contribution in [1.82, 2.24) is 13.9 Å². The standard InChI is InChI=1S/C24H30N4O6S2/c1-14-8-15(2)11-28(10-14)36(31,32)22-16(3)35-23-21(22)24(30)27(13-25-23)12-20(29)26-17-6-7-18(33-4)19(9-17)34-5/h6-7,9,13-15H,8,10-12H2,1-5H3,(H,26,29)/t14-,15-/m1/s1. The van der Waals surface area contributed by atoms with Crippen molar-refractivity contribution >= 4 is 43.2 Å². The first kappa shape index (κ1) is 26.1. The van der Waals surface area contributed by atoms with Crippen molar-refractivity contribution in [2.24, 2.45) is 11.8 Å². The molecule has 36 heavy (non-hydrogen) atoms. The van der Waals surface area contributed by atoms with Gasteiger partial charge in [-0.25, -0.2) is 13.4 Å². The number of hydrogen-bond acceptors (Lipinski definition) is 8. The second kappa shape index (κ2) is 10.2. The van der Waals surface area contributed by atoms with Crippen molar-refractivity contribution in [3.63, 3.8) is 0 Å². The Morgan fingerprint density at radius 3 is 2.47 bits per heavy atom. The molecule has 1 N–H and O–H groups in total. The zero-order chi connectivity index (χ0) is 26.2. The summed E-state index contributed by atoms with van der Waals surface area (Å²) in [5, 5.41) is 2.75. The molecule has 0 aliphatic carbocycles. The molecule has 0 saturated carbocycles. The third-order valence-electron chi connectivity index (χ3n) is 6.21. The summed E-state index contributed by atoms with van der Waals surface area (Å²) in [6.45, 7) is 6.23. The zero-order valence-corrected chi connectivity index (χ0v) is 22.5. The normalized spacial score (nSPS) is 18.8. The molecule has 0 radical (unpaired) electrons. The molecular formula is C24H30N4O6S2. The number of carbonyl (C=O) groups is 1. The minimum Gasteiger partial charge on any atom is -0.493 e. The van der Waals surface area contributed by atoms with Gasteiger partial charge in [-0.1, -0.05) is 13.8 Å². The van der Waals surface area contributed by atoms with Crippen LogP contribution in [0.1, 0.15) is 25.1 Å². The van der Waals surface area contributed by atoms with E-state index in [1.54, 1.807) is 25.1 Å². The van der Waals surface area contributed by atoms with Crippen LogP contribution in [0.15, 0.2) is 34.2 Å². The summed E-state index contributed by atoms with van der Waals surface area (Å²) in [6, 6.07) is 4.91. The SMILES string of the molecule is COc1ccc(NC(=O)Cn2cnc3sc(C)c(S(=O)(=O)N4C[C@H](C)C[C@@H](C)C4)c3c2=O)cc1OC. The number of benzene rings is 1. The van der Waals surface area contributed by atoms with E-state index in [1.807, 2.05) is 13.8 Å². The highest BCUT2D eigenvalue weighted by Crippen LogP contribution is 2.35. The Bertz CT molecular complexity index is 1450. The van der Waals surface area contributed by atoms with Crippen LogP contribution in [0.5, 0.6) is 11.5 Å². The molecule has 0 unspecified atom stereocenters. The van der Waals surface area contributed by atoms with Crippen molar-refractivity contribution in [3.8, 4) is 11.5 Å². The van der Waals surface area contributed by atoms with Crippen LogP contribution in [0.4, 0.5) is 5.69 Å². The Morgan fingerprint density at radius 1 is 1.17 bits per heavy atom. The maximum Gasteiger partial charge on any atom is 0.263 e. The van der Waals surface area contributed by atoms with Crippen LogP contribution in [0.2, 0.25) is 0 Å². The second-order valence-corrected chi connectivity index (χ2v) is 12.3. The maximum absolute atomic E-state index is 13.7. The first-order valence-electron chi connectivity index (χ1n) is 11.6. The number of hydrogen-bond donors (Lipinski definition) is 1. The predicted molar refractivity (Wildman–Crippen MR) is 138 cm³/mol. The Balaban J connectivity index is 1.65. The summed E-state index contributed by atoms with van der Waals surface area (Å²) in [4.78, 5) is 31.3. The highest BCUT2D eigenvalue weighted by Gasteiger charge is 2.35. The van der Waals surface area contributed by atoms with Gasteiger partial charge in [-0.3, -0.25) is 14.2 Å². The molecule has 4 rings (SSSR count). The molecule has 0 spiro atoms. The number of anilines is 1. The van der Waals surface area contributed by atoms with Gasteiger partial charge in [0.15, 0.2) is 11.5 Å². The highest BCUT2D eigenvalue weighted by atomic mass is 32.2. The molecule has 0 bridgehead atoms. The van der Waals surface area contributed by atoms with Gasteiger partial charge in [-0.15, -0.1) is 11.3 Å². The molecule has 1 aliphatic rings. The number of amides is 1. The molecule has 10 nitrogen and oxygen atoms in total. The smallest absolute Gasteiger partial charge is 0.263 e. The Morgan fingerprint density at radius 2 is 1.83 bits per heavy atom. The number of thiophene rings is 1. The molecule has 12 heteroatoms. The average molecular weight is 535 g/mol. The van der Waals surface area contributed by atoms with Gasteiger partial charge in [-0.2, -0.15) is 4.31 Å². The number of nitrogens with zero attached hydrogens (tertiary/aromatic N) is 3. The quantitative estimate of drug-likeness (QED) is 0.495. The number of aromatic nitrogens is 2. The van der Waals surface area contributed by atoms with Crippen molar-refractivity contribution in [1.29, 1.82) is 0 Å². The number of nitrogens with one attached hydrogen (secondary N) is 1. The number of rotatable bonds is 7. The number of sulfonamides is 1. The molecule has 1 aromatic carbocycles. The summed E-state index contributed by atoms with van der Waals surface area (Å²) in [7, 11) is -0.906. The lowest BCUT2D eigenvalue weighted by Gasteiger charge is -2.34. The van der Waals surface area contributed by atoms with Gasteiger partial charge in [-0.05, 0) is 37.3 Å². The lowest BCUT2D eigenvalue weighted by atomic mass is 9.94. The van der Waals surface area contributed by atoms with Gasteiger partial charge in [0, 0.05) is 29.7 Å². The van der Waals surface area contributed by atoms with E-state index in [2.05, 4.69) is 10.3 Å². The van der Waals surface area contributed by atoms with Crippen LogP contribution in [0.25, 0.3) is 10.2 Å². The molecule has 194 valence electrons. The topological polar surface area (TPSA) is 120 Å². The van der Waals surface area contributed by atoms with Gasteiger partial charge in [0.05, 0.1) is 25.9 Å². The maximum atomic E-state index is 13.7. The van der Waals surface area contributed by atoms with Gasteiger partial charge in [0.25, 0.3) is 5.56 Å². The summed E-state index contributed by atoms with van der Waals surface area (Å²) >= 11 is 1.17. The largest absolute Gasteiger partial charge is 0.493 e. The molecule has 1 aliphatic heterocycles. The predicted octanol–water partition coefficient (Wildman–Crippen LogP) is 3.09. The van der Waals surface area contributed by atoms with Gasteiger partial charge in [0.1, 0.15) is 16.3 Å². The van der Waals surface area contributed by atoms with Crippen LogP contribution in [0.3, 0.4) is 0 Å². The lowest BCUT2D eigenvalue weighted by Crippen LogP contribution is -2.42. The van der Waals surface area contributed by atoms with Crippen molar-refractivity contribution < 1.29 is 22.7 Å².